The van der Waals surface area contributed by atoms with E-state index in [1.807, 2.05) is 27.3 Å². The Hall–Kier alpha value is -2.26. The van der Waals surface area contributed by atoms with E-state index in [1.165, 1.54) is 14.2 Å². The van der Waals surface area contributed by atoms with E-state index in [0.717, 1.165) is 0 Å². The van der Waals surface area contributed by atoms with Gasteiger partial charge in [-0.2, -0.15) is 9.97 Å². The number of aliphatic hydroxyl groups excluding tert-OH is 1. The van der Waals surface area contributed by atoms with Crippen molar-refractivity contribution in [3.8, 4) is 12.0 Å². The molecule has 0 fully saturated rings. The number of rotatable bonds is 9. The van der Waals surface area contributed by atoms with Crippen LogP contribution in [0.5, 0.6) is 12.0 Å². The summed E-state index contributed by atoms with van der Waals surface area (Å²) in [4.78, 5) is 23.7. The number of urea groups is 1. The molecule has 2 rings (SSSR count). The Morgan fingerprint density at radius 3 is 2.38 bits per heavy atom. The van der Waals surface area contributed by atoms with Gasteiger partial charge in [0.2, 0.25) is 5.95 Å². The van der Waals surface area contributed by atoms with Crippen LogP contribution in [0.1, 0.15) is 18.4 Å². The first-order valence-corrected chi connectivity index (χ1v) is 10.9. The van der Waals surface area contributed by atoms with Crippen LogP contribution in [0, 0.1) is 3.57 Å². The largest absolute Gasteiger partial charge is 0.467 e. The number of carbonyl (C=O) groups excluding carboxylic acids is 1. The van der Waals surface area contributed by atoms with E-state index in [9.17, 15) is 13.2 Å². The third kappa shape index (κ3) is 6.37. The molecule has 158 valence electrons. The van der Waals surface area contributed by atoms with Gasteiger partial charge in [-0.15, -0.1) is 4.98 Å². The number of hydrogen-bond acceptors (Lipinski definition) is 9. The van der Waals surface area contributed by atoms with Crippen molar-refractivity contribution in [3.05, 3.63) is 27.3 Å². The molecule has 1 aromatic heterocycles. The molecule has 0 aliphatic rings. The number of ether oxygens (including phenoxy) is 2. The van der Waals surface area contributed by atoms with Crippen molar-refractivity contribution in [2.75, 3.05) is 26.1 Å². The quantitative estimate of drug-likeness (QED) is 0.318. The highest BCUT2D eigenvalue weighted by Gasteiger charge is 2.24. The second-order valence-electron chi connectivity index (χ2n) is 5.60. The van der Waals surface area contributed by atoms with Crippen LogP contribution in [0.4, 0.5) is 10.7 Å². The third-order valence-electron chi connectivity index (χ3n) is 3.58. The van der Waals surface area contributed by atoms with Gasteiger partial charge in [0.05, 0.1) is 14.2 Å². The minimum Gasteiger partial charge on any atom is -0.467 e. The fourth-order valence-electron chi connectivity index (χ4n) is 2.36. The van der Waals surface area contributed by atoms with Gasteiger partial charge >= 0.3 is 18.1 Å². The minimum absolute atomic E-state index is 0.0134. The number of aryl methyl sites for hydroxylation is 1. The lowest BCUT2D eigenvalue weighted by molar-refractivity contribution is 0.256. The van der Waals surface area contributed by atoms with Crippen LogP contribution >= 0.6 is 22.6 Å². The molecular weight excluding hydrogens is 517 g/mol. The summed E-state index contributed by atoms with van der Waals surface area (Å²) in [6.45, 7) is 0.0194. The summed E-state index contributed by atoms with van der Waals surface area (Å²) in [7, 11) is -1.54. The number of amides is 2. The number of nitrogens with one attached hydrogen (secondary N) is 2. The van der Waals surface area contributed by atoms with Gasteiger partial charge < -0.3 is 14.6 Å². The SMILES string of the molecule is COc1nc(NC(=O)NS(=O)(=O)c2c(I)cccc2CCCCO)nc(OC)n1. The monoisotopic (exact) mass is 537 g/mol. The van der Waals surface area contributed by atoms with E-state index >= 15 is 0 Å². The van der Waals surface area contributed by atoms with Gasteiger partial charge in [0.15, 0.2) is 0 Å². The number of anilines is 1. The third-order valence-corrected chi connectivity index (χ3v) is 6.32. The average molecular weight is 537 g/mol. The molecule has 13 heteroatoms. The highest BCUT2D eigenvalue weighted by molar-refractivity contribution is 14.1. The summed E-state index contributed by atoms with van der Waals surface area (Å²) in [5.41, 5.74) is 0.550. The second-order valence-corrected chi connectivity index (χ2v) is 8.38. The summed E-state index contributed by atoms with van der Waals surface area (Å²) in [6.07, 6.45) is 1.59. The maximum absolute atomic E-state index is 12.8. The number of benzene rings is 1. The Bertz CT molecular complexity index is 950. The maximum atomic E-state index is 12.8. The number of aliphatic hydroxyl groups is 1. The normalized spacial score (nSPS) is 11.0. The lowest BCUT2D eigenvalue weighted by atomic mass is 10.1. The van der Waals surface area contributed by atoms with Crippen LogP contribution in [-0.2, 0) is 16.4 Å². The molecule has 0 saturated carbocycles. The van der Waals surface area contributed by atoms with Crippen molar-refractivity contribution in [1.82, 2.24) is 19.7 Å². The number of methoxy groups -OCH3 is 2. The zero-order valence-electron chi connectivity index (χ0n) is 15.7. The zero-order valence-corrected chi connectivity index (χ0v) is 18.7. The van der Waals surface area contributed by atoms with E-state index in [4.69, 9.17) is 14.6 Å². The lowest BCUT2D eigenvalue weighted by Crippen LogP contribution is -2.35. The number of halogens is 1. The number of aromatic nitrogens is 3. The molecule has 0 spiro atoms. The molecular formula is C16H20IN5O6S. The van der Waals surface area contributed by atoms with Crippen molar-refractivity contribution >= 4 is 44.6 Å². The highest BCUT2D eigenvalue weighted by atomic mass is 127. The van der Waals surface area contributed by atoms with E-state index in [0.29, 0.717) is 28.4 Å². The topological polar surface area (TPSA) is 153 Å². The molecule has 0 unspecified atom stereocenters. The first-order chi connectivity index (χ1) is 13.8. The van der Waals surface area contributed by atoms with Crippen molar-refractivity contribution in [3.63, 3.8) is 0 Å². The van der Waals surface area contributed by atoms with Gasteiger partial charge in [0.1, 0.15) is 4.90 Å². The standard InChI is InChI=1S/C16H20IN5O6S/c1-27-15-19-13(20-16(21-15)28-2)18-14(24)22-29(25,26)12-10(6-3-4-9-23)7-5-8-11(12)17/h5,7-8,23H,3-4,6,9H2,1-2H3,(H2,18,19,20,21,22,24). The molecule has 2 aromatic rings. The second kappa shape index (κ2) is 10.5. The van der Waals surface area contributed by atoms with Crippen molar-refractivity contribution in [1.29, 1.82) is 0 Å². The molecule has 2 amide bonds. The molecule has 1 heterocycles. The van der Waals surface area contributed by atoms with Gasteiger partial charge in [0, 0.05) is 10.2 Å². The van der Waals surface area contributed by atoms with E-state index in [1.54, 1.807) is 18.2 Å². The fraction of sp³-hybridized carbons (Fsp3) is 0.375. The van der Waals surface area contributed by atoms with E-state index in [-0.39, 0.29) is 29.5 Å². The van der Waals surface area contributed by atoms with Crippen LogP contribution in [-0.4, -0.2) is 55.3 Å². The molecule has 0 saturated heterocycles. The van der Waals surface area contributed by atoms with Crippen LogP contribution in [0.15, 0.2) is 23.1 Å². The minimum atomic E-state index is -4.18. The van der Waals surface area contributed by atoms with Crippen molar-refractivity contribution < 1.29 is 27.8 Å². The summed E-state index contributed by atoms with van der Waals surface area (Å²) < 4.78 is 37.8. The number of nitrogens with zero attached hydrogens (tertiary/aromatic N) is 3. The highest BCUT2D eigenvalue weighted by Crippen LogP contribution is 2.24. The van der Waals surface area contributed by atoms with Crippen LogP contribution in [0.2, 0.25) is 0 Å². The Morgan fingerprint density at radius 2 is 1.79 bits per heavy atom. The Morgan fingerprint density at radius 1 is 1.14 bits per heavy atom. The molecule has 0 aliphatic carbocycles. The van der Waals surface area contributed by atoms with Crippen molar-refractivity contribution in [2.45, 2.75) is 24.2 Å². The fourth-order valence-corrected chi connectivity index (χ4v) is 5.02. The number of sulfonamides is 1. The van der Waals surface area contributed by atoms with Gasteiger partial charge in [-0.3, -0.25) is 5.32 Å². The van der Waals surface area contributed by atoms with Crippen LogP contribution in [0.25, 0.3) is 0 Å². The molecule has 11 nitrogen and oxygen atoms in total. The smallest absolute Gasteiger partial charge is 0.335 e. The molecule has 0 atom stereocenters. The molecule has 29 heavy (non-hydrogen) atoms. The number of unbranched alkanes of at least 4 members (excludes halogenated alkanes) is 1. The van der Waals surface area contributed by atoms with Gasteiger partial charge in [-0.25, -0.2) is 17.9 Å². The number of carbonyl (C=O) groups is 1. The summed E-state index contributed by atoms with van der Waals surface area (Å²) in [5.74, 6) is -0.243. The molecule has 3 N–H and O–H groups in total. The molecule has 0 aliphatic heterocycles. The zero-order chi connectivity index (χ0) is 21.4. The maximum Gasteiger partial charge on any atom is 0.335 e. The number of hydrogen-bond donors (Lipinski definition) is 3. The molecule has 1 aromatic carbocycles. The Kier molecular flexibility index (Phi) is 8.33. The lowest BCUT2D eigenvalue weighted by Gasteiger charge is -2.13. The van der Waals surface area contributed by atoms with E-state index < -0.39 is 16.1 Å². The first kappa shape index (κ1) is 23.0. The summed E-state index contributed by atoms with van der Waals surface area (Å²) in [6, 6.07) is 3.76. The average Bonchev–Trinajstić information content (AvgIpc) is 2.67. The van der Waals surface area contributed by atoms with Crippen LogP contribution in [0.3, 0.4) is 0 Å². The summed E-state index contributed by atoms with van der Waals surface area (Å²) >= 11 is 1.89. The Labute approximate surface area is 181 Å². The summed E-state index contributed by atoms with van der Waals surface area (Å²) in [5, 5.41) is 11.2. The molecule has 0 radical (unpaired) electrons. The van der Waals surface area contributed by atoms with Gasteiger partial charge in [-0.05, 0) is 53.5 Å². The first-order valence-electron chi connectivity index (χ1n) is 8.36. The Balaban J connectivity index is 2.22. The van der Waals surface area contributed by atoms with Crippen LogP contribution < -0.4 is 19.5 Å². The molecule has 0 bridgehead atoms. The predicted molar refractivity (Wildman–Crippen MR) is 111 cm³/mol. The van der Waals surface area contributed by atoms with Gasteiger partial charge in [0.25, 0.3) is 10.0 Å². The van der Waals surface area contributed by atoms with Crippen molar-refractivity contribution in [2.24, 2.45) is 0 Å². The van der Waals surface area contributed by atoms with E-state index in [2.05, 4.69) is 20.3 Å². The predicted octanol–water partition coefficient (Wildman–Crippen LogP) is 1.32. The van der Waals surface area contributed by atoms with Gasteiger partial charge in [-0.1, -0.05) is 12.1 Å².